The zero-order chi connectivity index (χ0) is 14.4. The Bertz CT molecular complexity index is 558. The average Bonchev–Trinajstić information content (AvgIpc) is 2.44. The zero-order valence-electron chi connectivity index (χ0n) is 11.4. The molecule has 0 atom stereocenters. The topological polar surface area (TPSA) is 63.6 Å². The molecule has 0 amide bonds. The van der Waals surface area contributed by atoms with Crippen LogP contribution < -0.4 is 4.74 Å². The Labute approximate surface area is 120 Å². The molecule has 110 valence electrons. The zero-order valence-corrected chi connectivity index (χ0v) is 12.2. The van der Waals surface area contributed by atoms with Crippen LogP contribution >= 0.6 is 0 Å². The summed E-state index contributed by atoms with van der Waals surface area (Å²) in [6.45, 7) is 0.280. The molecule has 0 heterocycles. The van der Waals surface area contributed by atoms with Crippen LogP contribution in [0.2, 0.25) is 0 Å². The maximum atomic E-state index is 10.6. The fourth-order valence-corrected chi connectivity index (χ4v) is 2.78. The van der Waals surface area contributed by atoms with E-state index in [2.05, 4.69) is 6.08 Å². The number of hydrogen-bond donors (Lipinski definition) is 1. The molecule has 0 bridgehead atoms. The third kappa shape index (κ3) is 4.98. The summed E-state index contributed by atoms with van der Waals surface area (Å²) in [5, 5.41) is 0. The van der Waals surface area contributed by atoms with Gasteiger partial charge < -0.3 is 4.74 Å². The first kappa shape index (κ1) is 15.1. The van der Waals surface area contributed by atoms with Crippen molar-refractivity contribution in [2.24, 2.45) is 0 Å². The molecule has 1 aliphatic carbocycles. The van der Waals surface area contributed by atoms with E-state index in [-0.39, 0.29) is 18.8 Å². The molecule has 1 aromatic rings. The SMILES string of the molecule is O=S(=O)(O)CCCOc1ccc(C2=CCCCC2)cc1. The van der Waals surface area contributed by atoms with Crippen molar-refractivity contribution in [2.75, 3.05) is 12.4 Å². The molecule has 0 saturated heterocycles. The summed E-state index contributed by atoms with van der Waals surface area (Å²) in [6.07, 6.45) is 7.40. The molecule has 0 aromatic heterocycles. The average molecular weight is 296 g/mol. The third-order valence-corrected chi connectivity index (χ3v) is 4.14. The Balaban J connectivity index is 1.84. The Morgan fingerprint density at radius 1 is 1.15 bits per heavy atom. The van der Waals surface area contributed by atoms with Crippen LogP contribution in [0.5, 0.6) is 5.75 Å². The van der Waals surface area contributed by atoms with Crippen LogP contribution in [0.4, 0.5) is 0 Å². The van der Waals surface area contributed by atoms with Crippen LogP contribution in [0.15, 0.2) is 30.3 Å². The summed E-state index contributed by atoms with van der Waals surface area (Å²) < 4.78 is 35.2. The number of ether oxygens (including phenoxy) is 1. The fourth-order valence-electron chi connectivity index (χ4n) is 2.30. The first-order valence-corrected chi connectivity index (χ1v) is 8.53. The second-order valence-corrected chi connectivity index (χ2v) is 6.56. The second-order valence-electron chi connectivity index (χ2n) is 4.99. The molecule has 1 N–H and O–H groups in total. The van der Waals surface area contributed by atoms with Crippen molar-refractivity contribution in [2.45, 2.75) is 32.1 Å². The fraction of sp³-hybridized carbons (Fsp3) is 0.467. The van der Waals surface area contributed by atoms with E-state index in [1.165, 1.54) is 24.0 Å². The van der Waals surface area contributed by atoms with Crippen molar-refractivity contribution in [3.63, 3.8) is 0 Å². The highest BCUT2D eigenvalue weighted by atomic mass is 32.2. The molecule has 20 heavy (non-hydrogen) atoms. The Morgan fingerprint density at radius 3 is 2.50 bits per heavy atom. The first-order valence-electron chi connectivity index (χ1n) is 6.92. The molecule has 4 nitrogen and oxygen atoms in total. The lowest BCUT2D eigenvalue weighted by Crippen LogP contribution is -2.08. The lowest BCUT2D eigenvalue weighted by molar-refractivity contribution is 0.316. The van der Waals surface area contributed by atoms with Crippen LogP contribution in [-0.2, 0) is 10.1 Å². The van der Waals surface area contributed by atoms with Crippen LogP contribution in [0, 0.1) is 0 Å². The number of hydrogen-bond acceptors (Lipinski definition) is 3. The van der Waals surface area contributed by atoms with Crippen molar-refractivity contribution < 1.29 is 17.7 Å². The van der Waals surface area contributed by atoms with Crippen LogP contribution in [0.3, 0.4) is 0 Å². The summed E-state index contributed by atoms with van der Waals surface area (Å²) in [4.78, 5) is 0. The van der Waals surface area contributed by atoms with Gasteiger partial charge in [-0.15, -0.1) is 0 Å². The van der Waals surface area contributed by atoms with Crippen LogP contribution in [0.1, 0.15) is 37.7 Å². The maximum Gasteiger partial charge on any atom is 0.264 e. The van der Waals surface area contributed by atoms with Crippen molar-refractivity contribution in [1.82, 2.24) is 0 Å². The summed E-state index contributed by atoms with van der Waals surface area (Å²) in [5.74, 6) is 0.457. The van der Waals surface area contributed by atoms with Crippen molar-refractivity contribution in [1.29, 1.82) is 0 Å². The van der Waals surface area contributed by atoms with Crippen LogP contribution in [-0.4, -0.2) is 25.3 Å². The van der Waals surface area contributed by atoms with E-state index in [0.717, 1.165) is 18.6 Å². The van der Waals surface area contributed by atoms with Gasteiger partial charge in [0.25, 0.3) is 10.1 Å². The van der Waals surface area contributed by atoms with Gasteiger partial charge in [0, 0.05) is 0 Å². The minimum absolute atomic E-state index is 0.266. The highest BCUT2D eigenvalue weighted by Crippen LogP contribution is 2.27. The van der Waals surface area contributed by atoms with Gasteiger partial charge in [0.05, 0.1) is 12.4 Å². The first-order chi connectivity index (χ1) is 9.54. The van der Waals surface area contributed by atoms with E-state index in [0.29, 0.717) is 0 Å². The largest absolute Gasteiger partial charge is 0.494 e. The Hall–Kier alpha value is -1.33. The monoisotopic (exact) mass is 296 g/mol. The third-order valence-electron chi connectivity index (χ3n) is 3.33. The van der Waals surface area contributed by atoms with Gasteiger partial charge in [-0.25, -0.2) is 0 Å². The Kier molecular flexibility index (Phi) is 5.20. The van der Waals surface area contributed by atoms with Crippen molar-refractivity contribution in [3.8, 4) is 5.75 Å². The van der Waals surface area contributed by atoms with Gasteiger partial charge in [0.1, 0.15) is 5.75 Å². The van der Waals surface area contributed by atoms with Crippen LogP contribution in [0.25, 0.3) is 5.57 Å². The molecule has 1 aliphatic rings. The lowest BCUT2D eigenvalue weighted by Gasteiger charge is -2.13. The smallest absolute Gasteiger partial charge is 0.264 e. The Morgan fingerprint density at radius 2 is 1.90 bits per heavy atom. The standard InChI is InChI=1S/C15H20O4S/c16-20(17,18)12-4-11-19-15-9-7-14(8-10-15)13-5-2-1-3-6-13/h5,7-10H,1-4,6,11-12H2,(H,16,17,18). The van der Waals surface area contributed by atoms with Gasteiger partial charge in [-0.1, -0.05) is 18.2 Å². The highest BCUT2D eigenvalue weighted by molar-refractivity contribution is 7.85. The van der Waals surface area contributed by atoms with E-state index in [1.54, 1.807) is 0 Å². The van der Waals surface area contributed by atoms with E-state index in [4.69, 9.17) is 9.29 Å². The van der Waals surface area contributed by atoms with Gasteiger partial charge in [-0.2, -0.15) is 8.42 Å². The maximum absolute atomic E-state index is 10.6. The molecule has 0 unspecified atom stereocenters. The van der Waals surface area contributed by atoms with E-state index >= 15 is 0 Å². The number of benzene rings is 1. The molecule has 0 radical (unpaired) electrons. The van der Waals surface area contributed by atoms with Crippen molar-refractivity contribution in [3.05, 3.63) is 35.9 Å². The minimum Gasteiger partial charge on any atom is -0.494 e. The molecule has 2 rings (SSSR count). The number of rotatable bonds is 6. The van der Waals surface area contributed by atoms with Crippen molar-refractivity contribution >= 4 is 15.7 Å². The molecule has 0 spiro atoms. The highest BCUT2D eigenvalue weighted by Gasteiger charge is 2.07. The summed E-state index contributed by atoms with van der Waals surface area (Å²) in [6, 6.07) is 7.88. The molecular weight excluding hydrogens is 276 g/mol. The van der Waals surface area contributed by atoms with E-state index in [9.17, 15) is 8.42 Å². The summed E-state index contributed by atoms with van der Waals surface area (Å²) in [5.41, 5.74) is 2.63. The van der Waals surface area contributed by atoms with Gasteiger partial charge in [-0.05, 0) is 55.4 Å². The van der Waals surface area contributed by atoms with Gasteiger partial charge in [0.15, 0.2) is 0 Å². The summed E-state index contributed by atoms with van der Waals surface area (Å²) in [7, 11) is -3.89. The van der Waals surface area contributed by atoms with Gasteiger partial charge >= 0.3 is 0 Å². The predicted molar refractivity (Wildman–Crippen MR) is 79.4 cm³/mol. The minimum atomic E-state index is -3.89. The predicted octanol–water partition coefficient (Wildman–Crippen LogP) is 3.30. The van der Waals surface area contributed by atoms with Gasteiger partial charge in [0.2, 0.25) is 0 Å². The molecular formula is C15H20O4S. The molecule has 0 aliphatic heterocycles. The quantitative estimate of drug-likeness (QED) is 0.646. The molecule has 5 heteroatoms. The van der Waals surface area contributed by atoms with Gasteiger partial charge in [-0.3, -0.25) is 4.55 Å². The van der Waals surface area contributed by atoms with E-state index < -0.39 is 10.1 Å². The number of allylic oxidation sites excluding steroid dienone is 2. The molecule has 1 aromatic carbocycles. The lowest BCUT2D eigenvalue weighted by atomic mass is 9.94. The summed E-state index contributed by atoms with van der Waals surface area (Å²) >= 11 is 0. The normalized spacial score (nSPS) is 15.8. The molecule has 0 fully saturated rings. The second kappa shape index (κ2) is 6.90. The molecule has 0 saturated carbocycles. The van der Waals surface area contributed by atoms with E-state index in [1.807, 2.05) is 24.3 Å².